The van der Waals surface area contributed by atoms with Gasteiger partial charge in [-0.15, -0.1) is 0 Å². The Morgan fingerprint density at radius 1 is 1.40 bits per heavy atom. The number of aliphatic hydroxyl groups excluding tert-OH is 1. The lowest BCUT2D eigenvalue weighted by atomic mass is 9.88. The second-order valence-corrected chi connectivity index (χ2v) is 6.10. The van der Waals surface area contributed by atoms with Gasteiger partial charge in [0.25, 0.3) is 0 Å². The number of halogens is 2. The van der Waals surface area contributed by atoms with Crippen LogP contribution in [0.15, 0.2) is 12.1 Å². The van der Waals surface area contributed by atoms with Gasteiger partial charge in [0, 0.05) is 18.7 Å². The van der Waals surface area contributed by atoms with Crippen LogP contribution in [0.1, 0.15) is 25.7 Å². The number of hydrogen-bond acceptors (Lipinski definition) is 4. The predicted octanol–water partition coefficient (Wildman–Crippen LogP) is 3.27. The third kappa shape index (κ3) is 3.57. The Morgan fingerprint density at radius 3 is 2.60 bits per heavy atom. The number of rotatable bonds is 4. The molecule has 110 valence electrons. The lowest BCUT2D eigenvalue weighted by Crippen LogP contribution is -2.25. The lowest BCUT2D eigenvalue weighted by molar-refractivity contribution is -0.386. The van der Waals surface area contributed by atoms with E-state index in [9.17, 15) is 14.5 Å². The smallest absolute Gasteiger partial charge is 0.312 e. The molecule has 0 amide bonds. The van der Waals surface area contributed by atoms with E-state index in [1.165, 1.54) is 6.07 Å². The van der Waals surface area contributed by atoms with E-state index in [0.29, 0.717) is 0 Å². The molecule has 2 rings (SSSR count). The molecule has 0 bridgehead atoms. The Kier molecular flexibility index (Phi) is 5.14. The molecule has 0 aromatic heterocycles. The van der Waals surface area contributed by atoms with Gasteiger partial charge in [0.15, 0.2) is 5.75 Å². The number of benzene rings is 1. The number of ether oxygens (including phenoxy) is 1. The van der Waals surface area contributed by atoms with Crippen LogP contribution in [0.2, 0.25) is 0 Å². The topological polar surface area (TPSA) is 72.6 Å². The number of nitrogens with zero attached hydrogens (tertiary/aromatic N) is 1. The van der Waals surface area contributed by atoms with Crippen LogP contribution in [0.5, 0.6) is 5.75 Å². The minimum Gasteiger partial charge on any atom is -0.483 e. The predicted molar refractivity (Wildman–Crippen MR) is 79.2 cm³/mol. The highest BCUT2D eigenvalue weighted by Crippen LogP contribution is 2.34. The van der Waals surface area contributed by atoms with Crippen LogP contribution in [0.3, 0.4) is 0 Å². The zero-order valence-electron chi connectivity index (χ0n) is 10.7. The summed E-state index contributed by atoms with van der Waals surface area (Å²) >= 11 is 1.72. The molecule has 1 saturated carbocycles. The van der Waals surface area contributed by atoms with E-state index < -0.39 is 10.7 Å². The average Bonchev–Trinajstić information content (AvgIpc) is 2.43. The van der Waals surface area contributed by atoms with Gasteiger partial charge in [-0.25, -0.2) is 4.39 Å². The van der Waals surface area contributed by atoms with Crippen molar-refractivity contribution in [2.24, 2.45) is 5.92 Å². The monoisotopic (exact) mass is 395 g/mol. The van der Waals surface area contributed by atoms with Crippen LogP contribution >= 0.6 is 22.6 Å². The highest BCUT2D eigenvalue weighted by Gasteiger charge is 2.26. The maximum atomic E-state index is 13.6. The summed E-state index contributed by atoms with van der Waals surface area (Å²) in [5.41, 5.74) is -0.208. The zero-order valence-corrected chi connectivity index (χ0v) is 12.9. The van der Waals surface area contributed by atoms with Crippen molar-refractivity contribution in [3.05, 3.63) is 31.6 Å². The largest absolute Gasteiger partial charge is 0.483 e. The average molecular weight is 395 g/mol. The summed E-state index contributed by atoms with van der Waals surface area (Å²) in [7, 11) is 0. The minimum absolute atomic E-state index is 0.0136. The molecule has 7 heteroatoms. The van der Waals surface area contributed by atoms with Gasteiger partial charge in [-0.1, -0.05) is 0 Å². The van der Waals surface area contributed by atoms with Crippen LogP contribution in [0.25, 0.3) is 0 Å². The summed E-state index contributed by atoms with van der Waals surface area (Å²) in [5, 5.41) is 20.1. The van der Waals surface area contributed by atoms with Gasteiger partial charge in [-0.3, -0.25) is 10.1 Å². The summed E-state index contributed by atoms with van der Waals surface area (Å²) in [6.45, 7) is 0.158. The quantitative estimate of drug-likeness (QED) is 0.483. The highest BCUT2D eigenvalue weighted by atomic mass is 127. The Labute approximate surface area is 129 Å². The molecule has 1 aliphatic carbocycles. The summed E-state index contributed by atoms with van der Waals surface area (Å²) in [5.74, 6) is -0.256. The fraction of sp³-hybridized carbons (Fsp3) is 0.538. The molecule has 0 aliphatic heterocycles. The van der Waals surface area contributed by atoms with E-state index in [0.717, 1.165) is 31.7 Å². The van der Waals surface area contributed by atoms with Crippen molar-refractivity contribution in [3.63, 3.8) is 0 Å². The lowest BCUT2D eigenvalue weighted by Gasteiger charge is -2.27. The van der Waals surface area contributed by atoms with Gasteiger partial charge in [-0.2, -0.15) is 0 Å². The van der Waals surface area contributed by atoms with Gasteiger partial charge in [-0.05, 0) is 54.2 Å². The summed E-state index contributed by atoms with van der Waals surface area (Å²) in [6, 6.07) is 2.27. The number of nitro benzene ring substituents is 1. The van der Waals surface area contributed by atoms with Gasteiger partial charge >= 0.3 is 5.69 Å². The van der Waals surface area contributed by atoms with Crippen molar-refractivity contribution in [3.8, 4) is 5.75 Å². The fourth-order valence-corrected chi connectivity index (χ4v) is 2.82. The summed E-state index contributed by atoms with van der Waals surface area (Å²) < 4.78 is 19.4. The Balaban J connectivity index is 2.13. The van der Waals surface area contributed by atoms with Crippen LogP contribution in [-0.2, 0) is 0 Å². The molecular weight excluding hydrogens is 380 g/mol. The van der Waals surface area contributed by atoms with Crippen molar-refractivity contribution >= 4 is 28.3 Å². The molecule has 0 saturated heterocycles. The van der Waals surface area contributed by atoms with Gasteiger partial charge in [0.2, 0.25) is 0 Å². The van der Waals surface area contributed by atoms with Crippen LogP contribution in [0, 0.1) is 25.4 Å². The van der Waals surface area contributed by atoms with E-state index in [4.69, 9.17) is 9.84 Å². The molecule has 1 N–H and O–H groups in total. The zero-order chi connectivity index (χ0) is 14.7. The highest BCUT2D eigenvalue weighted by molar-refractivity contribution is 14.1. The molecule has 5 nitrogen and oxygen atoms in total. The van der Waals surface area contributed by atoms with E-state index in [-0.39, 0.29) is 33.6 Å². The molecule has 0 atom stereocenters. The SMILES string of the molecule is O=[N+]([O-])c1cc(I)c(F)cc1OC1CCC(CO)CC1. The van der Waals surface area contributed by atoms with Crippen molar-refractivity contribution in [2.45, 2.75) is 31.8 Å². The Morgan fingerprint density at radius 2 is 2.05 bits per heavy atom. The minimum atomic E-state index is -0.559. The number of aliphatic hydroxyl groups is 1. The second kappa shape index (κ2) is 6.66. The molecule has 0 spiro atoms. The summed E-state index contributed by atoms with van der Waals surface area (Å²) in [6.07, 6.45) is 2.92. The first-order valence-electron chi connectivity index (χ1n) is 6.42. The van der Waals surface area contributed by atoms with Crippen LogP contribution in [0.4, 0.5) is 10.1 Å². The van der Waals surface area contributed by atoms with Crippen molar-refractivity contribution < 1.29 is 19.2 Å². The maximum Gasteiger partial charge on any atom is 0.312 e. The van der Waals surface area contributed by atoms with Gasteiger partial charge in [0.1, 0.15) is 5.82 Å². The Hall–Kier alpha value is -0.960. The molecule has 0 radical (unpaired) electrons. The Bertz CT molecular complexity index is 503. The number of nitro groups is 1. The molecule has 20 heavy (non-hydrogen) atoms. The van der Waals surface area contributed by atoms with Gasteiger partial charge in [0.05, 0.1) is 14.6 Å². The third-order valence-corrected chi connectivity index (χ3v) is 4.37. The van der Waals surface area contributed by atoms with E-state index >= 15 is 0 Å². The second-order valence-electron chi connectivity index (χ2n) is 4.93. The molecular formula is C13H15FINO4. The van der Waals surface area contributed by atoms with E-state index in [1.807, 2.05) is 0 Å². The van der Waals surface area contributed by atoms with E-state index in [1.54, 1.807) is 22.6 Å². The van der Waals surface area contributed by atoms with Crippen molar-refractivity contribution in [1.29, 1.82) is 0 Å². The van der Waals surface area contributed by atoms with Crippen LogP contribution in [-0.4, -0.2) is 22.7 Å². The summed E-state index contributed by atoms with van der Waals surface area (Å²) in [4.78, 5) is 10.4. The molecule has 0 unspecified atom stereocenters. The third-order valence-electron chi connectivity index (χ3n) is 3.54. The standard InChI is InChI=1S/C13H15FINO4/c14-10-5-13(12(16(18)19)6-11(10)15)20-9-3-1-8(7-17)2-4-9/h5-6,8-9,17H,1-4,7H2. The van der Waals surface area contributed by atoms with Gasteiger partial charge < -0.3 is 9.84 Å². The first-order valence-corrected chi connectivity index (χ1v) is 7.50. The first kappa shape index (κ1) is 15.4. The normalized spacial score (nSPS) is 22.6. The molecule has 1 aliphatic rings. The molecule has 1 aromatic rings. The molecule has 1 aromatic carbocycles. The molecule has 1 fully saturated rings. The van der Waals surface area contributed by atoms with Crippen molar-refractivity contribution in [1.82, 2.24) is 0 Å². The van der Waals surface area contributed by atoms with E-state index in [2.05, 4.69) is 0 Å². The first-order chi connectivity index (χ1) is 9.51. The fourth-order valence-electron chi connectivity index (χ4n) is 2.37. The number of hydrogen-bond donors (Lipinski definition) is 1. The maximum absolute atomic E-state index is 13.6. The van der Waals surface area contributed by atoms with Crippen molar-refractivity contribution in [2.75, 3.05) is 6.61 Å². The molecule has 0 heterocycles. The van der Waals surface area contributed by atoms with Crippen LogP contribution < -0.4 is 4.74 Å².